The van der Waals surface area contributed by atoms with Crippen molar-refractivity contribution in [2.24, 2.45) is 13.0 Å². The van der Waals surface area contributed by atoms with E-state index in [1.54, 1.807) is 32.2 Å². The molecule has 36 heavy (non-hydrogen) atoms. The third-order valence-electron chi connectivity index (χ3n) is 6.95. The fourth-order valence-corrected chi connectivity index (χ4v) is 5.08. The molecule has 2 aliphatic heterocycles. The molecule has 4 heterocycles. The molecule has 1 saturated carbocycles. The molecule has 6 rings (SSSR count). The van der Waals surface area contributed by atoms with Crippen LogP contribution in [0, 0.1) is 5.92 Å². The Labute approximate surface area is 210 Å². The Hall–Kier alpha value is -3.18. The highest BCUT2D eigenvalue weighted by molar-refractivity contribution is 6.33. The number of hydrogen-bond donors (Lipinski definition) is 3. The number of anilines is 4. The van der Waals surface area contributed by atoms with Crippen molar-refractivity contribution in [2.75, 3.05) is 35.2 Å². The number of halogens is 3. The first-order valence-corrected chi connectivity index (χ1v) is 12.1. The van der Waals surface area contributed by atoms with E-state index in [0.29, 0.717) is 59.3 Å². The van der Waals surface area contributed by atoms with Crippen LogP contribution >= 0.6 is 11.6 Å². The molecule has 1 aliphatic carbocycles. The number of nitrogens with zero attached hydrogens (tertiary/aromatic N) is 4. The maximum atomic E-state index is 14.9. The van der Waals surface area contributed by atoms with Crippen molar-refractivity contribution < 1.29 is 18.6 Å². The number of β-amino-alcohol motifs (C(OH)–C–C–N with tert-alkyl or cyclic N) is 1. The highest BCUT2D eigenvalue weighted by atomic mass is 35.5. The molecule has 0 unspecified atom stereocenters. The van der Waals surface area contributed by atoms with Crippen molar-refractivity contribution in [1.29, 1.82) is 0 Å². The number of hydrogen-bond acceptors (Lipinski definition) is 8. The molecule has 190 valence electrons. The minimum Gasteiger partial charge on any atom is -0.480 e. The molecule has 2 aromatic heterocycles. The van der Waals surface area contributed by atoms with Gasteiger partial charge < -0.3 is 29.9 Å². The second-order valence-corrected chi connectivity index (χ2v) is 10.6. The number of alkyl halides is 2. The zero-order valence-corrected chi connectivity index (χ0v) is 20.4. The number of aromatic nitrogens is 3. The van der Waals surface area contributed by atoms with Gasteiger partial charge in [-0.05, 0) is 43.9 Å². The first-order valence-electron chi connectivity index (χ1n) is 11.7. The standard InChI is InChI=1S/C24H25ClF2N6O3/c1-23(35)9-33(10-23)22-28-8-15(25)20(31-22)29-13-5-6-16-14(7-13)17-18(21(34)32(16)2)36-11-24(26,27)19(30-17)12-3-4-12/h5-8,12,19,30,35H,3-4,9-11H2,1-2H3,(H,28,29,31)/t19-/m0/s1. The molecular formula is C24H25ClF2N6O3. The second-order valence-electron chi connectivity index (χ2n) is 10.2. The van der Waals surface area contributed by atoms with Gasteiger partial charge in [-0.25, -0.2) is 13.8 Å². The van der Waals surface area contributed by atoms with Crippen LogP contribution in [-0.2, 0) is 7.05 Å². The maximum Gasteiger partial charge on any atom is 0.301 e. The van der Waals surface area contributed by atoms with Crippen LogP contribution in [0.2, 0.25) is 5.02 Å². The lowest BCUT2D eigenvalue weighted by molar-refractivity contribution is -0.0579. The number of fused-ring (bicyclic) bond motifs is 3. The van der Waals surface area contributed by atoms with Gasteiger partial charge in [0.05, 0.1) is 42.1 Å². The predicted octanol–water partition coefficient (Wildman–Crippen LogP) is 3.51. The molecule has 0 bridgehead atoms. The molecule has 1 aromatic carbocycles. The van der Waals surface area contributed by atoms with Gasteiger partial charge in [-0.1, -0.05) is 11.6 Å². The summed E-state index contributed by atoms with van der Waals surface area (Å²) in [6.07, 6.45) is 2.89. The van der Waals surface area contributed by atoms with Gasteiger partial charge in [-0.3, -0.25) is 4.79 Å². The minimum absolute atomic E-state index is 0.114. The van der Waals surface area contributed by atoms with E-state index < -0.39 is 29.7 Å². The van der Waals surface area contributed by atoms with Gasteiger partial charge in [-0.2, -0.15) is 4.98 Å². The zero-order chi connectivity index (χ0) is 25.4. The zero-order valence-electron chi connectivity index (χ0n) is 19.7. The number of nitrogens with one attached hydrogen (secondary N) is 2. The van der Waals surface area contributed by atoms with Crippen molar-refractivity contribution in [2.45, 2.75) is 37.3 Å². The maximum absolute atomic E-state index is 14.9. The summed E-state index contributed by atoms with van der Waals surface area (Å²) in [5.74, 6) is -2.61. The Kier molecular flexibility index (Phi) is 5.10. The van der Waals surface area contributed by atoms with E-state index in [-0.39, 0.29) is 17.4 Å². The second kappa shape index (κ2) is 7.91. The molecule has 3 aliphatic rings. The lowest BCUT2D eigenvalue weighted by Crippen LogP contribution is -2.60. The number of aryl methyl sites for hydroxylation is 1. The van der Waals surface area contributed by atoms with Crippen LogP contribution in [0.1, 0.15) is 19.8 Å². The first kappa shape index (κ1) is 23.2. The topological polar surface area (TPSA) is 105 Å². The van der Waals surface area contributed by atoms with Gasteiger partial charge in [-0.15, -0.1) is 0 Å². The third kappa shape index (κ3) is 3.90. The Morgan fingerprint density at radius 2 is 2.06 bits per heavy atom. The van der Waals surface area contributed by atoms with Gasteiger partial charge in [0.2, 0.25) is 11.7 Å². The van der Waals surface area contributed by atoms with Crippen molar-refractivity contribution in [3.63, 3.8) is 0 Å². The Morgan fingerprint density at radius 1 is 1.31 bits per heavy atom. The van der Waals surface area contributed by atoms with Crippen molar-refractivity contribution in [3.8, 4) is 5.75 Å². The molecule has 3 aromatic rings. The number of pyridine rings is 1. The number of rotatable bonds is 4. The lowest BCUT2D eigenvalue weighted by Gasteiger charge is -2.44. The summed E-state index contributed by atoms with van der Waals surface area (Å²) in [6, 6.07) is 4.13. The van der Waals surface area contributed by atoms with Crippen molar-refractivity contribution >= 4 is 45.6 Å². The molecule has 3 N–H and O–H groups in total. The predicted molar refractivity (Wildman–Crippen MR) is 133 cm³/mol. The van der Waals surface area contributed by atoms with Crippen LogP contribution in [-0.4, -0.2) is 56.9 Å². The van der Waals surface area contributed by atoms with Gasteiger partial charge >= 0.3 is 5.92 Å². The Morgan fingerprint density at radius 3 is 2.75 bits per heavy atom. The average Bonchev–Trinajstić information content (AvgIpc) is 3.65. The third-order valence-corrected chi connectivity index (χ3v) is 7.23. The van der Waals surface area contributed by atoms with E-state index in [1.165, 1.54) is 10.8 Å². The van der Waals surface area contributed by atoms with Gasteiger partial charge in [0, 0.05) is 18.1 Å². The van der Waals surface area contributed by atoms with Gasteiger partial charge in [0.25, 0.3) is 5.56 Å². The molecule has 2 fully saturated rings. The summed E-state index contributed by atoms with van der Waals surface area (Å²) in [5.41, 5.74) is 0.158. The molecule has 12 heteroatoms. The highest BCUT2D eigenvalue weighted by Gasteiger charge is 2.51. The van der Waals surface area contributed by atoms with E-state index in [9.17, 15) is 18.7 Å². The van der Waals surface area contributed by atoms with Gasteiger partial charge in [0.1, 0.15) is 5.02 Å². The van der Waals surface area contributed by atoms with Crippen LogP contribution in [0.3, 0.4) is 0 Å². The SMILES string of the molecule is Cn1c(=O)c2c(c3cc(Nc4nc(N5CC(C)(O)C5)ncc4Cl)ccc31)N[C@@H](C1CC1)C(F)(F)CO2. The summed E-state index contributed by atoms with van der Waals surface area (Å²) in [7, 11) is 1.58. The normalized spacial score (nSPS) is 22.2. The smallest absolute Gasteiger partial charge is 0.301 e. The van der Waals surface area contributed by atoms with Crippen LogP contribution in [0.15, 0.2) is 29.2 Å². The summed E-state index contributed by atoms with van der Waals surface area (Å²) in [6.45, 7) is 1.70. The lowest BCUT2D eigenvalue weighted by atomic mass is 9.98. The molecule has 0 radical (unpaired) electrons. The van der Waals surface area contributed by atoms with Crippen LogP contribution < -0.4 is 25.8 Å². The van der Waals surface area contributed by atoms with E-state index in [0.717, 1.165) is 0 Å². The van der Waals surface area contributed by atoms with Crippen LogP contribution in [0.25, 0.3) is 10.9 Å². The molecular weight excluding hydrogens is 494 g/mol. The fourth-order valence-electron chi connectivity index (χ4n) is 4.94. The number of ether oxygens (including phenoxy) is 1. The summed E-state index contributed by atoms with van der Waals surface area (Å²) in [4.78, 5) is 23.5. The van der Waals surface area contributed by atoms with Crippen molar-refractivity contribution in [3.05, 3.63) is 39.8 Å². The molecule has 0 spiro atoms. The van der Waals surface area contributed by atoms with E-state index in [1.807, 2.05) is 4.90 Å². The van der Waals surface area contributed by atoms with Gasteiger partial charge in [0.15, 0.2) is 12.4 Å². The Balaban J connectivity index is 1.40. The Bertz CT molecular complexity index is 1430. The quantitative estimate of drug-likeness (QED) is 0.482. The molecule has 9 nitrogen and oxygen atoms in total. The van der Waals surface area contributed by atoms with E-state index >= 15 is 0 Å². The summed E-state index contributed by atoms with van der Waals surface area (Å²) < 4.78 is 36.5. The van der Waals surface area contributed by atoms with E-state index in [4.69, 9.17) is 16.3 Å². The largest absolute Gasteiger partial charge is 0.480 e. The molecule has 1 saturated heterocycles. The first-order chi connectivity index (χ1) is 17.0. The highest BCUT2D eigenvalue weighted by Crippen LogP contribution is 2.45. The van der Waals surface area contributed by atoms with Crippen LogP contribution in [0.5, 0.6) is 5.75 Å². The van der Waals surface area contributed by atoms with Crippen molar-refractivity contribution in [1.82, 2.24) is 14.5 Å². The number of benzene rings is 1. The van der Waals surface area contributed by atoms with E-state index in [2.05, 4.69) is 20.6 Å². The monoisotopic (exact) mass is 518 g/mol. The summed E-state index contributed by atoms with van der Waals surface area (Å²) in [5, 5.41) is 17.0. The molecule has 0 amide bonds. The average molecular weight is 519 g/mol. The molecule has 1 atom stereocenters. The number of aliphatic hydroxyl groups is 1. The fraction of sp³-hybridized carbons (Fsp3) is 0.458. The minimum atomic E-state index is -3.11. The summed E-state index contributed by atoms with van der Waals surface area (Å²) >= 11 is 6.34. The van der Waals surface area contributed by atoms with Crippen LogP contribution in [0.4, 0.5) is 31.9 Å².